The second-order valence-corrected chi connectivity index (χ2v) is 7.94. The second-order valence-electron chi connectivity index (χ2n) is 7.94. The largest absolute Gasteiger partial charge is 0.493 e. The third kappa shape index (κ3) is 4.92. The fourth-order valence-electron chi connectivity index (χ4n) is 4.01. The Balaban J connectivity index is 1.43. The van der Waals surface area contributed by atoms with Gasteiger partial charge in [0.1, 0.15) is 12.7 Å². The van der Waals surface area contributed by atoms with Gasteiger partial charge in [-0.05, 0) is 36.8 Å². The van der Waals surface area contributed by atoms with Gasteiger partial charge < -0.3 is 28.8 Å². The lowest BCUT2D eigenvalue weighted by molar-refractivity contribution is -0.134. The lowest BCUT2D eigenvalue weighted by Gasteiger charge is -2.32. The molecule has 1 fully saturated rings. The maximum Gasteiger partial charge on any atom is 0.246 e. The van der Waals surface area contributed by atoms with E-state index in [0.717, 1.165) is 16.5 Å². The molecular weight excluding hydrogens is 436 g/mol. The number of methoxy groups -OCH3 is 2. The fourth-order valence-corrected chi connectivity index (χ4v) is 4.01. The Labute approximate surface area is 198 Å². The van der Waals surface area contributed by atoms with Crippen molar-refractivity contribution in [2.45, 2.75) is 13.0 Å². The Kier molecular flexibility index (Phi) is 7.18. The maximum atomic E-state index is 12.8. The number of ketones is 1. The van der Waals surface area contributed by atoms with E-state index in [2.05, 4.69) is 4.98 Å². The van der Waals surface area contributed by atoms with E-state index in [4.69, 9.17) is 18.9 Å². The molecule has 0 radical (unpaired) electrons. The summed E-state index contributed by atoms with van der Waals surface area (Å²) < 4.78 is 22.6. The Bertz CT molecular complexity index is 1220. The summed E-state index contributed by atoms with van der Waals surface area (Å²) in [6, 6.07) is 11.3. The number of carbonyl (C=O) groups is 2. The molecule has 2 heterocycles. The first-order valence-electron chi connectivity index (χ1n) is 11.0. The average molecular weight is 465 g/mol. The SMILES string of the molecule is COc1ccc(C(C)=O)c(OCC2CN(C(=O)C=Cc3c[nH]c4ccccc34)CCO2)c1OC. The van der Waals surface area contributed by atoms with E-state index >= 15 is 0 Å². The van der Waals surface area contributed by atoms with Crippen LogP contribution in [0, 0.1) is 0 Å². The second kappa shape index (κ2) is 10.4. The first kappa shape index (κ1) is 23.4. The van der Waals surface area contributed by atoms with Crippen LogP contribution in [-0.2, 0) is 9.53 Å². The number of aromatic nitrogens is 1. The Morgan fingerprint density at radius 2 is 1.97 bits per heavy atom. The summed E-state index contributed by atoms with van der Waals surface area (Å²) >= 11 is 0. The number of hydrogen-bond acceptors (Lipinski definition) is 6. The van der Waals surface area contributed by atoms with Gasteiger partial charge in [-0.1, -0.05) is 18.2 Å². The van der Waals surface area contributed by atoms with Gasteiger partial charge in [0.2, 0.25) is 11.7 Å². The lowest BCUT2D eigenvalue weighted by Crippen LogP contribution is -2.47. The van der Waals surface area contributed by atoms with Crippen LogP contribution in [0.3, 0.4) is 0 Å². The molecule has 1 amide bonds. The summed E-state index contributed by atoms with van der Waals surface area (Å²) in [4.78, 5) is 29.9. The van der Waals surface area contributed by atoms with Crippen molar-refractivity contribution in [1.82, 2.24) is 9.88 Å². The average Bonchev–Trinajstić information content (AvgIpc) is 3.28. The summed E-state index contributed by atoms with van der Waals surface area (Å²) in [5.74, 6) is 0.870. The molecule has 3 aromatic rings. The highest BCUT2D eigenvalue weighted by Crippen LogP contribution is 2.40. The summed E-state index contributed by atoms with van der Waals surface area (Å²) in [6.45, 7) is 2.88. The minimum Gasteiger partial charge on any atom is -0.493 e. The summed E-state index contributed by atoms with van der Waals surface area (Å²) in [7, 11) is 3.01. The number of nitrogens with zero attached hydrogens (tertiary/aromatic N) is 1. The standard InChI is InChI=1S/C26H28N2O6/c1-17(29)20-9-10-23(31-2)26(32-3)25(20)34-16-19-15-28(12-13-33-19)24(30)11-8-18-14-27-22-7-5-4-6-21(18)22/h4-11,14,19,27H,12-13,15-16H2,1-3H3. The first-order chi connectivity index (χ1) is 16.5. The Morgan fingerprint density at radius 1 is 1.15 bits per heavy atom. The number of Topliss-reactive ketones (excluding diaryl/α,β-unsaturated/α-hetero) is 1. The van der Waals surface area contributed by atoms with Gasteiger partial charge in [-0.25, -0.2) is 0 Å². The number of carbonyl (C=O) groups excluding carboxylic acids is 2. The third-order valence-electron chi connectivity index (χ3n) is 5.77. The van der Waals surface area contributed by atoms with Crippen LogP contribution in [0.15, 0.2) is 48.7 Å². The van der Waals surface area contributed by atoms with Gasteiger partial charge in [0.15, 0.2) is 17.3 Å². The van der Waals surface area contributed by atoms with E-state index < -0.39 is 0 Å². The van der Waals surface area contributed by atoms with Gasteiger partial charge >= 0.3 is 0 Å². The quantitative estimate of drug-likeness (QED) is 0.404. The molecule has 1 N–H and O–H groups in total. The maximum absolute atomic E-state index is 12.8. The number of nitrogens with one attached hydrogen (secondary N) is 1. The van der Waals surface area contributed by atoms with Crippen LogP contribution in [0.4, 0.5) is 0 Å². The van der Waals surface area contributed by atoms with Crippen LogP contribution in [0.1, 0.15) is 22.8 Å². The van der Waals surface area contributed by atoms with Crippen LogP contribution in [0.2, 0.25) is 0 Å². The van der Waals surface area contributed by atoms with E-state index in [1.165, 1.54) is 21.1 Å². The number of H-pyrrole nitrogens is 1. The van der Waals surface area contributed by atoms with Gasteiger partial charge in [-0.2, -0.15) is 0 Å². The van der Waals surface area contributed by atoms with Crippen molar-refractivity contribution in [3.8, 4) is 17.2 Å². The number of rotatable bonds is 8. The van der Waals surface area contributed by atoms with Crippen LogP contribution in [0.5, 0.6) is 17.2 Å². The molecule has 34 heavy (non-hydrogen) atoms. The molecule has 178 valence electrons. The van der Waals surface area contributed by atoms with E-state index in [-0.39, 0.29) is 24.4 Å². The number of benzene rings is 2. The third-order valence-corrected chi connectivity index (χ3v) is 5.77. The smallest absolute Gasteiger partial charge is 0.246 e. The molecule has 1 atom stereocenters. The monoisotopic (exact) mass is 464 g/mol. The van der Waals surface area contributed by atoms with Crippen molar-refractivity contribution in [2.75, 3.05) is 40.5 Å². The highest BCUT2D eigenvalue weighted by molar-refractivity contribution is 5.98. The lowest BCUT2D eigenvalue weighted by atomic mass is 10.1. The van der Waals surface area contributed by atoms with Crippen molar-refractivity contribution in [1.29, 1.82) is 0 Å². The molecule has 8 heteroatoms. The van der Waals surface area contributed by atoms with E-state index in [0.29, 0.717) is 42.5 Å². The molecule has 1 unspecified atom stereocenters. The highest BCUT2D eigenvalue weighted by Gasteiger charge is 2.26. The molecule has 0 saturated carbocycles. The molecule has 0 spiro atoms. The zero-order valence-corrected chi connectivity index (χ0v) is 19.5. The predicted molar refractivity (Wildman–Crippen MR) is 129 cm³/mol. The molecular formula is C26H28N2O6. The number of amides is 1. The van der Waals surface area contributed by atoms with Gasteiger partial charge in [0.25, 0.3) is 0 Å². The summed E-state index contributed by atoms with van der Waals surface area (Å²) in [5.41, 5.74) is 2.37. The number of morpholine rings is 1. The van der Waals surface area contributed by atoms with Crippen molar-refractivity contribution in [3.63, 3.8) is 0 Å². The molecule has 2 aromatic carbocycles. The minimum atomic E-state index is -0.352. The number of para-hydroxylation sites is 1. The van der Waals surface area contributed by atoms with Crippen LogP contribution < -0.4 is 14.2 Å². The first-order valence-corrected chi connectivity index (χ1v) is 11.0. The van der Waals surface area contributed by atoms with Crippen molar-refractivity contribution in [2.24, 2.45) is 0 Å². The molecule has 1 saturated heterocycles. The molecule has 0 aliphatic carbocycles. The van der Waals surface area contributed by atoms with Gasteiger partial charge in [-0.15, -0.1) is 0 Å². The minimum absolute atomic E-state index is 0.0954. The molecule has 1 aliphatic heterocycles. The molecule has 0 bridgehead atoms. The van der Waals surface area contributed by atoms with Gasteiger partial charge in [0, 0.05) is 29.7 Å². The number of aromatic amines is 1. The number of ether oxygens (including phenoxy) is 4. The van der Waals surface area contributed by atoms with Crippen LogP contribution >= 0.6 is 0 Å². The van der Waals surface area contributed by atoms with Gasteiger partial charge in [0.05, 0.1) is 32.9 Å². The molecule has 1 aliphatic rings. The van der Waals surface area contributed by atoms with Crippen LogP contribution in [-0.4, -0.2) is 68.2 Å². The number of fused-ring (bicyclic) bond motifs is 1. The zero-order chi connectivity index (χ0) is 24.1. The Hall–Kier alpha value is -3.78. The summed E-state index contributed by atoms with van der Waals surface area (Å²) in [5, 5.41) is 1.06. The molecule has 1 aromatic heterocycles. The highest BCUT2D eigenvalue weighted by atomic mass is 16.6. The normalized spacial score (nSPS) is 16.1. The predicted octanol–water partition coefficient (Wildman–Crippen LogP) is 3.71. The van der Waals surface area contributed by atoms with Crippen LogP contribution in [0.25, 0.3) is 17.0 Å². The summed E-state index contributed by atoms with van der Waals surface area (Å²) in [6.07, 6.45) is 4.94. The topological polar surface area (TPSA) is 90.1 Å². The number of hydrogen-bond donors (Lipinski definition) is 1. The van der Waals surface area contributed by atoms with Crippen molar-refractivity contribution >= 4 is 28.7 Å². The molecule has 8 nitrogen and oxygen atoms in total. The van der Waals surface area contributed by atoms with E-state index in [1.807, 2.05) is 36.5 Å². The van der Waals surface area contributed by atoms with Gasteiger partial charge in [-0.3, -0.25) is 9.59 Å². The van der Waals surface area contributed by atoms with Crippen molar-refractivity contribution < 1.29 is 28.5 Å². The van der Waals surface area contributed by atoms with E-state index in [9.17, 15) is 9.59 Å². The zero-order valence-electron chi connectivity index (χ0n) is 19.5. The Morgan fingerprint density at radius 3 is 2.74 bits per heavy atom. The van der Waals surface area contributed by atoms with E-state index in [1.54, 1.807) is 23.1 Å². The van der Waals surface area contributed by atoms with Crippen molar-refractivity contribution in [3.05, 3.63) is 59.8 Å². The fraction of sp³-hybridized carbons (Fsp3) is 0.308. The molecule has 4 rings (SSSR count).